The first-order chi connectivity index (χ1) is 6.95. The molecule has 0 heterocycles. The van der Waals surface area contributed by atoms with E-state index in [0.717, 1.165) is 13.1 Å². The molecule has 0 bridgehead atoms. The molecule has 0 aromatic carbocycles. The maximum atomic E-state index is 3.55. The second-order valence-electron chi connectivity index (χ2n) is 5.55. The molecular formula is C13H30N2. The third kappa shape index (κ3) is 11.8. The van der Waals surface area contributed by atoms with Crippen molar-refractivity contribution in [2.75, 3.05) is 13.1 Å². The van der Waals surface area contributed by atoms with Crippen LogP contribution < -0.4 is 10.6 Å². The number of hydrogen-bond donors (Lipinski definition) is 2. The van der Waals surface area contributed by atoms with Gasteiger partial charge in [-0.25, -0.2) is 0 Å². The van der Waals surface area contributed by atoms with Gasteiger partial charge in [0.25, 0.3) is 0 Å². The van der Waals surface area contributed by atoms with E-state index in [1.54, 1.807) is 0 Å². The van der Waals surface area contributed by atoms with Crippen LogP contribution in [0.25, 0.3) is 0 Å². The molecule has 0 amide bonds. The Kier molecular flexibility index (Phi) is 8.07. The highest BCUT2D eigenvalue weighted by molar-refractivity contribution is 4.74. The molecule has 1 unspecified atom stereocenters. The van der Waals surface area contributed by atoms with Crippen molar-refractivity contribution in [2.24, 2.45) is 0 Å². The number of hydrogen-bond acceptors (Lipinski definition) is 2. The number of unbranched alkanes of at least 4 members (excludes halogenated alkanes) is 3. The van der Waals surface area contributed by atoms with E-state index >= 15 is 0 Å². The van der Waals surface area contributed by atoms with Crippen molar-refractivity contribution in [2.45, 2.75) is 71.9 Å². The van der Waals surface area contributed by atoms with Gasteiger partial charge in [0.05, 0.1) is 0 Å². The van der Waals surface area contributed by atoms with Gasteiger partial charge in [0.15, 0.2) is 0 Å². The minimum atomic E-state index is 0.234. The lowest BCUT2D eigenvalue weighted by Crippen LogP contribution is -2.44. The van der Waals surface area contributed by atoms with E-state index in [2.05, 4.69) is 45.3 Å². The summed E-state index contributed by atoms with van der Waals surface area (Å²) in [6.07, 6.45) is 5.37. The normalized spacial score (nSPS) is 14.2. The average Bonchev–Trinajstić information content (AvgIpc) is 2.13. The number of rotatable bonds is 8. The van der Waals surface area contributed by atoms with E-state index in [4.69, 9.17) is 0 Å². The SMILES string of the molecule is CCCCCCNC(C)CNC(C)(C)C. The molecule has 0 aromatic rings. The van der Waals surface area contributed by atoms with E-state index in [1.807, 2.05) is 0 Å². The molecule has 2 heteroatoms. The quantitative estimate of drug-likeness (QED) is 0.607. The largest absolute Gasteiger partial charge is 0.313 e. The fourth-order valence-electron chi connectivity index (χ4n) is 1.43. The Labute approximate surface area is 96.2 Å². The van der Waals surface area contributed by atoms with E-state index in [1.165, 1.54) is 25.7 Å². The fourth-order valence-corrected chi connectivity index (χ4v) is 1.43. The molecule has 0 saturated heterocycles. The third-order valence-corrected chi connectivity index (χ3v) is 2.46. The summed E-state index contributed by atoms with van der Waals surface area (Å²) in [6.45, 7) is 13.3. The Balaban J connectivity index is 3.30. The molecule has 0 rings (SSSR count). The van der Waals surface area contributed by atoms with Crippen molar-refractivity contribution >= 4 is 0 Å². The van der Waals surface area contributed by atoms with Gasteiger partial charge in [0.2, 0.25) is 0 Å². The summed E-state index contributed by atoms with van der Waals surface area (Å²) in [7, 11) is 0. The van der Waals surface area contributed by atoms with Crippen LogP contribution in [0, 0.1) is 0 Å². The van der Waals surface area contributed by atoms with Crippen LogP contribution in [0.1, 0.15) is 60.3 Å². The standard InChI is InChI=1S/C13H30N2/c1-6-7-8-9-10-14-12(2)11-15-13(3,4)5/h12,14-15H,6-11H2,1-5H3. The molecule has 92 valence electrons. The van der Waals surface area contributed by atoms with Gasteiger partial charge in [0.1, 0.15) is 0 Å². The summed E-state index contributed by atoms with van der Waals surface area (Å²) in [5.41, 5.74) is 0.234. The summed E-state index contributed by atoms with van der Waals surface area (Å²) in [5, 5.41) is 7.06. The molecule has 0 radical (unpaired) electrons. The average molecular weight is 214 g/mol. The highest BCUT2D eigenvalue weighted by atomic mass is 15.0. The van der Waals surface area contributed by atoms with Gasteiger partial charge in [0, 0.05) is 18.1 Å². The Morgan fingerprint density at radius 3 is 2.27 bits per heavy atom. The zero-order valence-corrected chi connectivity index (χ0v) is 11.3. The maximum Gasteiger partial charge on any atom is 0.0164 e. The second kappa shape index (κ2) is 8.12. The van der Waals surface area contributed by atoms with Gasteiger partial charge in [-0.2, -0.15) is 0 Å². The summed E-state index contributed by atoms with van der Waals surface area (Å²) in [6, 6.07) is 0.575. The summed E-state index contributed by atoms with van der Waals surface area (Å²) >= 11 is 0. The van der Waals surface area contributed by atoms with Crippen LogP contribution in [-0.2, 0) is 0 Å². The van der Waals surface area contributed by atoms with Crippen molar-refractivity contribution < 1.29 is 0 Å². The van der Waals surface area contributed by atoms with Crippen LogP contribution >= 0.6 is 0 Å². The lowest BCUT2D eigenvalue weighted by Gasteiger charge is -2.24. The van der Waals surface area contributed by atoms with Crippen molar-refractivity contribution in [3.05, 3.63) is 0 Å². The van der Waals surface area contributed by atoms with Gasteiger partial charge < -0.3 is 10.6 Å². The van der Waals surface area contributed by atoms with Crippen LogP contribution in [0.3, 0.4) is 0 Å². The molecule has 1 atom stereocenters. The molecule has 15 heavy (non-hydrogen) atoms. The molecule has 0 spiro atoms. The van der Waals surface area contributed by atoms with E-state index in [0.29, 0.717) is 6.04 Å². The van der Waals surface area contributed by atoms with Crippen molar-refractivity contribution in [3.8, 4) is 0 Å². The van der Waals surface area contributed by atoms with Crippen LogP contribution in [0.15, 0.2) is 0 Å². The third-order valence-electron chi connectivity index (χ3n) is 2.46. The second-order valence-corrected chi connectivity index (χ2v) is 5.55. The van der Waals surface area contributed by atoms with Crippen molar-refractivity contribution in [1.29, 1.82) is 0 Å². The monoisotopic (exact) mass is 214 g/mol. The van der Waals surface area contributed by atoms with Crippen molar-refractivity contribution in [1.82, 2.24) is 10.6 Å². The Morgan fingerprint density at radius 2 is 1.73 bits per heavy atom. The van der Waals surface area contributed by atoms with E-state index in [9.17, 15) is 0 Å². The van der Waals surface area contributed by atoms with Crippen LogP contribution in [0.2, 0.25) is 0 Å². The minimum Gasteiger partial charge on any atom is -0.313 e. The first kappa shape index (κ1) is 14.9. The van der Waals surface area contributed by atoms with Gasteiger partial charge in [-0.05, 0) is 40.7 Å². The van der Waals surface area contributed by atoms with Gasteiger partial charge in [-0.15, -0.1) is 0 Å². The topological polar surface area (TPSA) is 24.1 Å². The van der Waals surface area contributed by atoms with Crippen LogP contribution in [-0.4, -0.2) is 24.7 Å². The van der Waals surface area contributed by atoms with Gasteiger partial charge in [-0.3, -0.25) is 0 Å². The molecule has 0 aromatic heterocycles. The first-order valence-corrected chi connectivity index (χ1v) is 6.44. The molecule has 0 saturated carbocycles. The highest BCUT2D eigenvalue weighted by Crippen LogP contribution is 1.99. The number of nitrogens with one attached hydrogen (secondary N) is 2. The molecule has 0 aliphatic heterocycles. The predicted molar refractivity (Wildman–Crippen MR) is 69.4 cm³/mol. The fraction of sp³-hybridized carbons (Fsp3) is 1.00. The van der Waals surface area contributed by atoms with Crippen molar-refractivity contribution in [3.63, 3.8) is 0 Å². The molecule has 0 aliphatic rings. The molecule has 0 fully saturated rings. The molecular weight excluding hydrogens is 184 g/mol. The zero-order valence-electron chi connectivity index (χ0n) is 11.3. The minimum absolute atomic E-state index is 0.234. The van der Waals surface area contributed by atoms with Gasteiger partial charge >= 0.3 is 0 Å². The lowest BCUT2D eigenvalue weighted by atomic mass is 10.1. The molecule has 0 aliphatic carbocycles. The Morgan fingerprint density at radius 1 is 1.07 bits per heavy atom. The first-order valence-electron chi connectivity index (χ1n) is 6.44. The van der Waals surface area contributed by atoms with Crippen LogP contribution in [0.4, 0.5) is 0 Å². The van der Waals surface area contributed by atoms with E-state index in [-0.39, 0.29) is 5.54 Å². The smallest absolute Gasteiger partial charge is 0.0164 e. The Hall–Kier alpha value is -0.0800. The molecule has 2 nitrogen and oxygen atoms in total. The van der Waals surface area contributed by atoms with Gasteiger partial charge in [-0.1, -0.05) is 26.2 Å². The zero-order chi connectivity index (χ0) is 11.7. The lowest BCUT2D eigenvalue weighted by molar-refractivity contribution is 0.386. The highest BCUT2D eigenvalue weighted by Gasteiger charge is 2.10. The Bertz CT molecular complexity index is 138. The van der Waals surface area contributed by atoms with Crippen LogP contribution in [0.5, 0.6) is 0 Å². The summed E-state index contributed by atoms with van der Waals surface area (Å²) in [5.74, 6) is 0. The summed E-state index contributed by atoms with van der Waals surface area (Å²) in [4.78, 5) is 0. The maximum absolute atomic E-state index is 3.55. The summed E-state index contributed by atoms with van der Waals surface area (Å²) < 4.78 is 0. The predicted octanol–water partition coefficient (Wildman–Crippen LogP) is 2.93. The van der Waals surface area contributed by atoms with E-state index < -0.39 is 0 Å². The molecule has 2 N–H and O–H groups in total.